The Morgan fingerprint density at radius 1 is 1.20 bits per heavy atom. The van der Waals surface area contributed by atoms with E-state index in [2.05, 4.69) is 22.3 Å². The highest BCUT2D eigenvalue weighted by molar-refractivity contribution is 5.93. The normalized spacial score (nSPS) is 10.8. The topological polar surface area (TPSA) is 88.1 Å². The highest BCUT2D eigenvalue weighted by Crippen LogP contribution is 2.20. The van der Waals surface area contributed by atoms with Crippen LogP contribution in [0.5, 0.6) is 0 Å². The van der Waals surface area contributed by atoms with E-state index in [-0.39, 0.29) is 5.91 Å². The maximum atomic E-state index is 12.8. The first-order valence-electron chi connectivity index (χ1n) is 8.33. The van der Waals surface area contributed by atoms with E-state index in [0.29, 0.717) is 36.8 Å². The first kappa shape index (κ1) is 17.0. The number of nitrogens with two attached hydrogens (primary N) is 1. The van der Waals surface area contributed by atoms with Gasteiger partial charge in [0.2, 0.25) is 0 Å². The Balaban J connectivity index is 1.71. The van der Waals surface area contributed by atoms with Crippen molar-refractivity contribution in [2.75, 3.05) is 19.6 Å². The molecule has 3 aromatic rings. The molecule has 6 heteroatoms. The number of nitrogens with one attached hydrogen (secondary N) is 1. The summed E-state index contributed by atoms with van der Waals surface area (Å²) in [6.45, 7) is 3.38. The maximum Gasteiger partial charge on any atom is 0.274 e. The van der Waals surface area contributed by atoms with Gasteiger partial charge in [-0.2, -0.15) is 5.10 Å². The minimum Gasteiger partial charge on any atom is -0.460 e. The van der Waals surface area contributed by atoms with Crippen LogP contribution in [0.15, 0.2) is 52.9 Å². The van der Waals surface area contributed by atoms with Crippen LogP contribution in [-0.2, 0) is 6.42 Å². The summed E-state index contributed by atoms with van der Waals surface area (Å²) in [4.78, 5) is 14.5. The van der Waals surface area contributed by atoms with E-state index in [1.54, 1.807) is 11.0 Å². The van der Waals surface area contributed by atoms with Crippen molar-refractivity contribution in [3.8, 4) is 11.5 Å². The standard InChI is InChI=1S/C19H22N4O2/c1-14-7-8-18(25-14)16-13-17(22-21-16)19(24)23(12-10-20)11-9-15-5-3-2-4-6-15/h2-8,13H,9-12,20H2,1H3,(H,21,22). The van der Waals surface area contributed by atoms with E-state index in [0.717, 1.165) is 12.2 Å². The van der Waals surface area contributed by atoms with Crippen molar-refractivity contribution in [3.05, 3.63) is 65.5 Å². The molecule has 0 atom stereocenters. The number of aromatic amines is 1. The first-order valence-corrected chi connectivity index (χ1v) is 8.33. The molecule has 130 valence electrons. The number of hydrogen-bond donors (Lipinski definition) is 2. The summed E-state index contributed by atoms with van der Waals surface area (Å²) in [6.07, 6.45) is 0.779. The number of aromatic nitrogens is 2. The van der Waals surface area contributed by atoms with Gasteiger partial charge < -0.3 is 15.1 Å². The number of rotatable bonds is 7. The van der Waals surface area contributed by atoms with E-state index in [1.165, 1.54) is 5.56 Å². The second-order valence-electron chi connectivity index (χ2n) is 5.89. The minimum atomic E-state index is -0.132. The van der Waals surface area contributed by atoms with E-state index < -0.39 is 0 Å². The lowest BCUT2D eigenvalue weighted by Gasteiger charge is -2.21. The number of aryl methyl sites for hydroxylation is 1. The quantitative estimate of drug-likeness (QED) is 0.693. The Morgan fingerprint density at radius 2 is 2.00 bits per heavy atom. The molecular formula is C19H22N4O2. The van der Waals surface area contributed by atoms with Crippen molar-refractivity contribution in [2.24, 2.45) is 5.73 Å². The Morgan fingerprint density at radius 3 is 2.68 bits per heavy atom. The fraction of sp³-hybridized carbons (Fsp3) is 0.263. The van der Waals surface area contributed by atoms with Crippen molar-refractivity contribution < 1.29 is 9.21 Å². The van der Waals surface area contributed by atoms with E-state index in [4.69, 9.17) is 10.2 Å². The van der Waals surface area contributed by atoms with Gasteiger partial charge in [0, 0.05) is 25.7 Å². The van der Waals surface area contributed by atoms with E-state index in [9.17, 15) is 4.79 Å². The number of furan rings is 1. The molecule has 0 saturated carbocycles. The molecular weight excluding hydrogens is 316 g/mol. The molecule has 0 unspecified atom stereocenters. The zero-order valence-electron chi connectivity index (χ0n) is 14.2. The molecule has 1 aromatic carbocycles. The smallest absolute Gasteiger partial charge is 0.274 e. The van der Waals surface area contributed by atoms with Gasteiger partial charge in [-0.15, -0.1) is 0 Å². The number of carbonyl (C=O) groups is 1. The van der Waals surface area contributed by atoms with Crippen LogP contribution in [0.25, 0.3) is 11.5 Å². The van der Waals surface area contributed by atoms with Crippen LogP contribution >= 0.6 is 0 Å². The Labute approximate surface area is 146 Å². The SMILES string of the molecule is Cc1ccc(-c2cc(C(=O)N(CCN)CCc3ccccc3)n[nH]2)o1. The van der Waals surface area contributed by atoms with Gasteiger partial charge in [-0.25, -0.2) is 0 Å². The summed E-state index contributed by atoms with van der Waals surface area (Å²) in [6, 6.07) is 15.5. The molecule has 0 spiro atoms. The molecule has 3 rings (SSSR count). The van der Waals surface area contributed by atoms with Gasteiger partial charge in [-0.3, -0.25) is 9.89 Å². The number of hydrogen-bond acceptors (Lipinski definition) is 4. The number of carbonyl (C=O) groups excluding carboxylic acids is 1. The summed E-state index contributed by atoms with van der Waals surface area (Å²) in [5.74, 6) is 1.34. The van der Waals surface area contributed by atoms with Crippen LogP contribution in [0.3, 0.4) is 0 Å². The minimum absolute atomic E-state index is 0.132. The summed E-state index contributed by atoms with van der Waals surface area (Å²) in [7, 11) is 0. The Hall–Kier alpha value is -2.86. The fourth-order valence-corrected chi connectivity index (χ4v) is 2.68. The Bertz CT molecular complexity index is 823. The fourth-order valence-electron chi connectivity index (χ4n) is 2.68. The number of H-pyrrole nitrogens is 1. The van der Waals surface area contributed by atoms with Crippen LogP contribution in [0.4, 0.5) is 0 Å². The molecule has 3 N–H and O–H groups in total. The summed E-state index contributed by atoms with van der Waals surface area (Å²) in [5.41, 5.74) is 7.92. The average molecular weight is 338 g/mol. The molecule has 0 aliphatic carbocycles. The molecule has 25 heavy (non-hydrogen) atoms. The first-order chi connectivity index (χ1) is 12.2. The largest absolute Gasteiger partial charge is 0.460 e. The van der Waals surface area contributed by atoms with E-state index >= 15 is 0 Å². The Kier molecular flexibility index (Phi) is 5.30. The summed E-state index contributed by atoms with van der Waals surface area (Å²) in [5, 5.41) is 7.01. The third-order valence-corrected chi connectivity index (χ3v) is 4.00. The highest BCUT2D eigenvalue weighted by Gasteiger charge is 2.19. The van der Waals surface area contributed by atoms with Gasteiger partial charge in [0.05, 0.1) is 0 Å². The van der Waals surface area contributed by atoms with Gasteiger partial charge >= 0.3 is 0 Å². The van der Waals surface area contributed by atoms with Crippen molar-refractivity contribution in [1.29, 1.82) is 0 Å². The maximum absolute atomic E-state index is 12.8. The van der Waals surface area contributed by atoms with Gasteiger partial charge in [0.1, 0.15) is 11.5 Å². The lowest BCUT2D eigenvalue weighted by atomic mass is 10.1. The zero-order chi connectivity index (χ0) is 17.6. The highest BCUT2D eigenvalue weighted by atomic mass is 16.3. The van der Waals surface area contributed by atoms with Crippen LogP contribution in [0.2, 0.25) is 0 Å². The van der Waals surface area contributed by atoms with Gasteiger partial charge in [-0.1, -0.05) is 30.3 Å². The summed E-state index contributed by atoms with van der Waals surface area (Å²) >= 11 is 0. The second-order valence-corrected chi connectivity index (χ2v) is 5.89. The number of benzene rings is 1. The molecule has 2 aromatic heterocycles. The molecule has 0 aliphatic heterocycles. The molecule has 1 amide bonds. The van der Waals surface area contributed by atoms with Crippen LogP contribution < -0.4 is 5.73 Å². The third kappa shape index (κ3) is 4.16. The zero-order valence-corrected chi connectivity index (χ0v) is 14.2. The van der Waals surface area contributed by atoms with Crippen LogP contribution in [0, 0.1) is 6.92 Å². The molecule has 0 aliphatic rings. The van der Waals surface area contributed by atoms with Crippen molar-refractivity contribution in [2.45, 2.75) is 13.3 Å². The van der Waals surface area contributed by atoms with Gasteiger partial charge in [0.25, 0.3) is 5.91 Å². The summed E-state index contributed by atoms with van der Waals surface area (Å²) < 4.78 is 5.56. The molecule has 2 heterocycles. The third-order valence-electron chi connectivity index (χ3n) is 4.00. The molecule has 0 fully saturated rings. The van der Waals surface area contributed by atoms with Crippen LogP contribution in [-0.4, -0.2) is 40.6 Å². The lowest BCUT2D eigenvalue weighted by Crippen LogP contribution is -2.37. The van der Waals surface area contributed by atoms with Gasteiger partial charge in [0.15, 0.2) is 11.5 Å². The van der Waals surface area contributed by atoms with Crippen LogP contribution in [0.1, 0.15) is 21.8 Å². The predicted molar refractivity (Wildman–Crippen MR) is 96.1 cm³/mol. The number of nitrogens with zero attached hydrogens (tertiary/aromatic N) is 2. The molecule has 0 bridgehead atoms. The predicted octanol–water partition coefficient (Wildman–Crippen LogP) is 2.62. The van der Waals surface area contributed by atoms with Gasteiger partial charge in [-0.05, 0) is 31.0 Å². The van der Waals surface area contributed by atoms with Crippen molar-refractivity contribution >= 4 is 5.91 Å². The monoisotopic (exact) mass is 338 g/mol. The second kappa shape index (κ2) is 7.81. The van der Waals surface area contributed by atoms with E-state index in [1.807, 2.05) is 37.3 Å². The molecule has 6 nitrogen and oxygen atoms in total. The van der Waals surface area contributed by atoms with Crippen molar-refractivity contribution in [3.63, 3.8) is 0 Å². The molecule has 0 saturated heterocycles. The lowest BCUT2D eigenvalue weighted by molar-refractivity contribution is 0.0756. The molecule has 0 radical (unpaired) electrons. The van der Waals surface area contributed by atoms with Crippen molar-refractivity contribution in [1.82, 2.24) is 15.1 Å². The average Bonchev–Trinajstić information content (AvgIpc) is 3.28. The number of amides is 1.